The number of rotatable bonds is 6. The molecule has 0 atom stereocenters. The molecule has 1 rings (SSSR count). The molecule has 3 heteroatoms. The van der Waals surface area contributed by atoms with Crippen molar-refractivity contribution in [3.63, 3.8) is 0 Å². The third kappa shape index (κ3) is 6.58. The van der Waals surface area contributed by atoms with Crippen molar-refractivity contribution < 1.29 is 0 Å². The van der Waals surface area contributed by atoms with Crippen LogP contribution in [0.4, 0.5) is 5.82 Å². The molecule has 0 saturated heterocycles. The average Bonchev–Trinajstić information content (AvgIpc) is 2.33. The maximum Gasteiger partial charge on any atom is 0.126 e. The Morgan fingerprint density at radius 3 is 2.42 bits per heavy atom. The first-order valence-electron chi connectivity index (χ1n) is 7.29. The molecule has 0 amide bonds. The summed E-state index contributed by atoms with van der Waals surface area (Å²) in [5, 5.41) is 6.94. The van der Waals surface area contributed by atoms with Gasteiger partial charge < -0.3 is 10.6 Å². The van der Waals surface area contributed by atoms with Crippen LogP contribution in [0.1, 0.15) is 52.8 Å². The van der Waals surface area contributed by atoms with E-state index in [2.05, 4.69) is 69.3 Å². The fourth-order valence-corrected chi connectivity index (χ4v) is 1.70. The maximum absolute atomic E-state index is 4.63. The first-order valence-corrected chi connectivity index (χ1v) is 7.29. The van der Waals surface area contributed by atoms with Gasteiger partial charge in [0.2, 0.25) is 0 Å². The molecule has 0 aliphatic rings. The third-order valence-electron chi connectivity index (χ3n) is 2.81. The smallest absolute Gasteiger partial charge is 0.126 e. The molecule has 0 radical (unpaired) electrons. The summed E-state index contributed by atoms with van der Waals surface area (Å²) in [6, 6.07) is 4.35. The molecular weight excluding hydrogens is 234 g/mol. The molecule has 0 bridgehead atoms. The largest absolute Gasteiger partial charge is 0.370 e. The van der Waals surface area contributed by atoms with Gasteiger partial charge in [0.15, 0.2) is 0 Å². The second kappa shape index (κ2) is 6.90. The molecule has 0 unspecified atom stereocenters. The first-order chi connectivity index (χ1) is 8.80. The highest BCUT2D eigenvalue weighted by molar-refractivity contribution is 5.40. The Hall–Kier alpha value is -1.09. The fourth-order valence-electron chi connectivity index (χ4n) is 1.70. The summed E-state index contributed by atoms with van der Waals surface area (Å²) in [6.07, 6.45) is 0.972. The third-order valence-corrected chi connectivity index (χ3v) is 2.81. The zero-order valence-electron chi connectivity index (χ0n) is 13.3. The van der Waals surface area contributed by atoms with Gasteiger partial charge in [0.25, 0.3) is 0 Å². The molecule has 0 saturated carbocycles. The standard InChI is InChI=1S/C16H29N3/c1-7-14-8-13(11-18-16(4,5)6)9-15(19-14)17-10-12(2)3/h8-9,12,18H,7,10-11H2,1-6H3,(H,17,19). The van der Waals surface area contributed by atoms with E-state index in [9.17, 15) is 0 Å². The van der Waals surface area contributed by atoms with Crippen molar-refractivity contribution in [1.29, 1.82) is 0 Å². The van der Waals surface area contributed by atoms with Crippen molar-refractivity contribution in [2.75, 3.05) is 11.9 Å². The molecule has 0 spiro atoms. The lowest BCUT2D eigenvalue weighted by Gasteiger charge is -2.21. The Morgan fingerprint density at radius 2 is 1.89 bits per heavy atom. The summed E-state index contributed by atoms with van der Waals surface area (Å²) >= 11 is 0. The van der Waals surface area contributed by atoms with E-state index in [1.165, 1.54) is 5.56 Å². The van der Waals surface area contributed by atoms with Gasteiger partial charge in [-0.25, -0.2) is 4.98 Å². The lowest BCUT2D eigenvalue weighted by atomic mass is 10.1. The number of hydrogen-bond donors (Lipinski definition) is 2. The summed E-state index contributed by atoms with van der Waals surface area (Å²) in [4.78, 5) is 4.63. The molecule has 2 N–H and O–H groups in total. The van der Waals surface area contributed by atoms with E-state index in [1.807, 2.05) is 0 Å². The minimum absolute atomic E-state index is 0.140. The van der Waals surface area contributed by atoms with E-state index in [4.69, 9.17) is 0 Å². The van der Waals surface area contributed by atoms with Crippen LogP contribution in [0.2, 0.25) is 0 Å². The van der Waals surface area contributed by atoms with E-state index in [-0.39, 0.29) is 5.54 Å². The fraction of sp³-hybridized carbons (Fsp3) is 0.688. The monoisotopic (exact) mass is 263 g/mol. The van der Waals surface area contributed by atoms with Crippen LogP contribution in [-0.4, -0.2) is 17.1 Å². The molecule has 19 heavy (non-hydrogen) atoms. The number of anilines is 1. The van der Waals surface area contributed by atoms with Gasteiger partial charge in [-0.1, -0.05) is 20.8 Å². The van der Waals surface area contributed by atoms with Crippen molar-refractivity contribution >= 4 is 5.82 Å². The Kier molecular flexibility index (Phi) is 5.80. The van der Waals surface area contributed by atoms with Crippen molar-refractivity contribution in [3.05, 3.63) is 23.4 Å². The van der Waals surface area contributed by atoms with Gasteiger partial charge in [0.05, 0.1) is 0 Å². The van der Waals surface area contributed by atoms with Crippen molar-refractivity contribution in [3.8, 4) is 0 Å². The maximum atomic E-state index is 4.63. The van der Waals surface area contributed by atoms with Gasteiger partial charge in [-0.05, 0) is 50.8 Å². The summed E-state index contributed by atoms with van der Waals surface area (Å²) in [5.41, 5.74) is 2.59. The van der Waals surface area contributed by atoms with Gasteiger partial charge in [-0.2, -0.15) is 0 Å². The molecule has 0 aliphatic heterocycles. The van der Waals surface area contributed by atoms with Crippen molar-refractivity contribution in [2.24, 2.45) is 5.92 Å². The van der Waals surface area contributed by atoms with Crippen molar-refractivity contribution in [1.82, 2.24) is 10.3 Å². The quantitative estimate of drug-likeness (QED) is 0.823. The summed E-state index contributed by atoms with van der Waals surface area (Å²) in [6.45, 7) is 15.0. The minimum Gasteiger partial charge on any atom is -0.370 e. The zero-order valence-corrected chi connectivity index (χ0v) is 13.3. The summed E-state index contributed by atoms with van der Waals surface area (Å²) in [5.74, 6) is 1.63. The van der Waals surface area contributed by atoms with Crippen molar-refractivity contribution in [2.45, 2.75) is 60.0 Å². The number of aryl methyl sites for hydroxylation is 1. The topological polar surface area (TPSA) is 37.0 Å². The van der Waals surface area contributed by atoms with Gasteiger partial charge in [-0.3, -0.25) is 0 Å². The highest BCUT2D eigenvalue weighted by Crippen LogP contribution is 2.13. The van der Waals surface area contributed by atoms with Gasteiger partial charge >= 0.3 is 0 Å². The van der Waals surface area contributed by atoms with Gasteiger partial charge in [-0.15, -0.1) is 0 Å². The molecule has 1 aromatic heterocycles. The number of pyridine rings is 1. The average molecular weight is 263 g/mol. The van der Waals surface area contributed by atoms with Gasteiger partial charge in [0, 0.05) is 24.3 Å². The van der Waals surface area contributed by atoms with E-state index in [0.29, 0.717) is 5.92 Å². The van der Waals surface area contributed by atoms with E-state index < -0.39 is 0 Å². The van der Waals surface area contributed by atoms with Crippen LogP contribution in [0.15, 0.2) is 12.1 Å². The molecule has 0 aliphatic carbocycles. The summed E-state index contributed by atoms with van der Waals surface area (Å²) < 4.78 is 0. The minimum atomic E-state index is 0.140. The Morgan fingerprint density at radius 1 is 1.21 bits per heavy atom. The molecule has 0 aromatic carbocycles. The molecule has 0 fully saturated rings. The lowest BCUT2D eigenvalue weighted by molar-refractivity contribution is 0.424. The molecule has 3 nitrogen and oxygen atoms in total. The highest BCUT2D eigenvalue weighted by Gasteiger charge is 2.09. The summed E-state index contributed by atoms with van der Waals surface area (Å²) in [7, 11) is 0. The number of aromatic nitrogens is 1. The Balaban J connectivity index is 2.77. The SMILES string of the molecule is CCc1cc(CNC(C)(C)C)cc(NCC(C)C)n1. The number of nitrogens with one attached hydrogen (secondary N) is 2. The van der Waals surface area contributed by atoms with Crippen LogP contribution in [0.25, 0.3) is 0 Å². The van der Waals surface area contributed by atoms with Crippen LogP contribution in [-0.2, 0) is 13.0 Å². The Bertz CT molecular complexity index is 391. The second-order valence-electron chi connectivity index (χ2n) is 6.58. The van der Waals surface area contributed by atoms with Crippen LogP contribution in [0.3, 0.4) is 0 Å². The van der Waals surface area contributed by atoms with Crippen LogP contribution in [0.5, 0.6) is 0 Å². The van der Waals surface area contributed by atoms with E-state index >= 15 is 0 Å². The first kappa shape index (κ1) is 16.0. The highest BCUT2D eigenvalue weighted by atomic mass is 15.0. The predicted molar refractivity (Wildman–Crippen MR) is 83.5 cm³/mol. The normalized spacial score (nSPS) is 11.9. The van der Waals surface area contributed by atoms with Gasteiger partial charge in [0.1, 0.15) is 5.82 Å². The van der Waals surface area contributed by atoms with E-state index in [1.54, 1.807) is 0 Å². The predicted octanol–water partition coefficient (Wildman–Crippen LogP) is 3.60. The van der Waals surface area contributed by atoms with Crippen LogP contribution >= 0.6 is 0 Å². The molecule has 1 aromatic rings. The lowest BCUT2D eigenvalue weighted by Crippen LogP contribution is -2.35. The molecule has 108 valence electrons. The van der Waals surface area contributed by atoms with E-state index in [0.717, 1.165) is 31.0 Å². The van der Waals surface area contributed by atoms with Crippen LogP contribution in [0, 0.1) is 5.92 Å². The zero-order chi connectivity index (χ0) is 14.5. The number of hydrogen-bond acceptors (Lipinski definition) is 3. The number of nitrogens with zero attached hydrogens (tertiary/aromatic N) is 1. The Labute approximate surface area is 118 Å². The molecule has 1 heterocycles. The second-order valence-corrected chi connectivity index (χ2v) is 6.58. The molecular formula is C16H29N3. The van der Waals surface area contributed by atoms with Crippen LogP contribution < -0.4 is 10.6 Å².